The minimum Gasteiger partial charge on any atom is -0.493 e. The van der Waals surface area contributed by atoms with Crippen LogP contribution in [0.3, 0.4) is 0 Å². The average molecular weight is 394 g/mol. The molecule has 7 nitrogen and oxygen atoms in total. The topological polar surface area (TPSA) is 85.9 Å². The summed E-state index contributed by atoms with van der Waals surface area (Å²) in [5.74, 6) is 1.17. The summed E-state index contributed by atoms with van der Waals surface area (Å²) in [7, 11) is 1.55. The fourth-order valence-corrected chi connectivity index (χ4v) is 3.02. The van der Waals surface area contributed by atoms with Gasteiger partial charge in [-0.05, 0) is 48.7 Å². The van der Waals surface area contributed by atoms with E-state index in [0.29, 0.717) is 41.7 Å². The second-order valence-corrected chi connectivity index (χ2v) is 6.86. The average Bonchev–Trinajstić information content (AvgIpc) is 3.56. The number of benzene rings is 2. The van der Waals surface area contributed by atoms with Gasteiger partial charge in [0.25, 0.3) is 5.91 Å². The first kappa shape index (κ1) is 18.9. The van der Waals surface area contributed by atoms with Gasteiger partial charge >= 0.3 is 0 Å². The Morgan fingerprint density at radius 1 is 1.14 bits per heavy atom. The fraction of sp³-hybridized carbons (Fsp3) is 0.273. The summed E-state index contributed by atoms with van der Waals surface area (Å²) in [6.45, 7) is 0.929. The predicted octanol–water partition coefficient (Wildman–Crippen LogP) is 3.01. The highest BCUT2D eigenvalue weighted by Crippen LogP contribution is 2.40. The standard InChI is InChI=1S/C22H22N2O5/c1-27-18-12-14(13-19-21(18)29-11-10-28-19)6-9-20(25)24-17-5-3-2-4-16(17)22(26)23-15-7-8-15/h2-6,9,12-13,15H,7-8,10-11H2,1H3,(H,23,26)(H,24,25)/b9-6+. The molecule has 1 saturated carbocycles. The molecule has 0 radical (unpaired) electrons. The maximum absolute atomic E-state index is 12.4. The predicted molar refractivity (Wildman–Crippen MR) is 109 cm³/mol. The highest BCUT2D eigenvalue weighted by Gasteiger charge is 2.25. The van der Waals surface area contributed by atoms with Gasteiger partial charge in [-0.2, -0.15) is 0 Å². The minimum atomic E-state index is -0.342. The van der Waals surface area contributed by atoms with Gasteiger partial charge in [-0.25, -0.2) is 0 Å². The summed E-state index contributed by atoms with van der Waals surface area (Å²) in [5.41, 5.74) is 1.66. The molecule has 4 rings (SSSR count). The molecule has 150 valence electrons. The molecule has 1 aliphatic carbocycles. The molecule has 7 heteroatoms. The van der Waals surface area contributed by atoms with Crippen LogP contribution in [0, 0.1) is 0 Å². The molecule has 29 heavy (non-hydrogen) atoms. The van der Waals surface area contributed by atoms with E-state index in [4.69, 9.17) is 14.2 Å². The lowest BCUT2D eigenvalue weighted by Crippen LogP contribution is -2.26. The number of methoxy groups -OCH3 is 1. The van der Waals surface area contributed by atoms with Crippen molar-refractivity contribution in [3.8, 4) is 17.2 Å². The Morgan fingerprint density at radius 3 is 2.72 bits per heavy atom. The summed E-state index contributed by atoms with van der Waals surface area (Å²) >= 11 is 0. The third-order valence-corrected chi connectivity index (χ3v) is 4.62. The van der Waals surface area contributed by atoms with Crippen molar-refractivity contribution >= 4 is 23.6 Å². The Labute approximate surface area is 168 Å². The zero-order chi connectivity index (χ0) is 20.2. The summed E-state index contributed by atoms with van der Waals surface area (Å²) in [6, 6.07) is 10.8. The van der Waals surface area contributed by atoms with E-state index in [2.05, 4.69) is 10.6 Å². The van der Waals surface area contributed by atoms with Gasteiger partial charge in [0.2, 0.25) is 11.7 Å². The normalized spacial score (nSPS) is 15.1. The molecule has 2 aliphatic rings. The van der Waals surface area contributed by atoms with E-state index in [0.717, 1.165) is 18.4 Å². The van der Waals surface area contributed by atoms with Crippen molar-refractivity contribution in [2.24, 2.45) is 0 Å². The lowest BCUT2D eigenvalue weighted by atomic mass is 10.1. The Bertz CT molecular complexity index is 948. The van der Waals surface area contributed by atoms with E-state index >= 15 is 0 Å². The minimum absolute atomic E-state index is 0.177. The van der Waals surface area contributed by atoms with Gasteiger partial charge in [0.1, 0.15) is 13.2 Å². The number of carbonyl (C=O) groups is 2. The van der Waals surface area contributed by atoms with E-state index < -0.39 is 0 Å². The number of hydrogen-bond donors (Lipinski definition) is 2. The van der Waals surface area contributed by atoms with Crippen LogP contribution >= 0.6 is 0 Å². The van der Waals surface area contributed by atoms with Crippen molar-refractivity contribution in [1.82, 2.24) is 5.32 Å². The smallest absolute Gasteiger partial charge is 0.253 e. The molecule has 1 aliphatic heterocycles. The molecule has 2 N–H and O–H groups in total. The lowest BCUT2D eigenvalue weighted by Gasteiger charge is -2.20. The number of anilines is 1. The summed E-state index contributed by atoms with van der Waals surface area (Å²) in [4.78, 5) is 24.8. The number of fused-ring (bicyclic) bond motifs is 1. The summed E-state index contributed by atoms with van der Waals surface area (Å²) < 4.78 is 16.5. The van der Waals surface area contributed by atoms with Crippen LogP contribution in [0.4, 0.5) is 5.69 Å². The zero-order valence-corrected chi connectivity index (χ0v) is 16.1. The van der Waals surface area contributed by atoms with Crippen LogP contribution in [0.15, 0.2) is 42.5 Å². The van der Waals surface area contributed by atoms with Crippen molar-refractivity contribution in [1.29, 1.82) is 0 Å². The van der Waals surface area contributed by atoms with Crippen molar-refractivity contribution < 1.29 is 23.8 Å². The van der Waals surface area contributed by atoms with Crippen molar-refractivity contribution in [2.45, 2.75) is 18.9 Å². The molecule has 2 amide bonds. The largest absolute Gasteiger partial charge is 0.493 e. The monoisotopic (exact) mass is 394 g/mol. The number of rotatable bonds is 6. The van der Waals surface area contributed by atoms with Gasteiger partial charge in [-0.3, -0.25) is 9.59 Å². The number of amides is 2. The molecule has 0 unspecified atom stereocenters. The van der Waals surface area contributed by atoms with E-state index in [-0.39, 0.29) is 17.9 Å². The number of para-hydroxylation sites is 1. The van der Waals surface area contributed by atoms with Crippen LogP contribution in [-0.2, 0) is 4.79 Å². The van der Waals surface area contributed by atoms with Gasteiger partial charge in [0.05, 0.1) is 18.4 Å². The van der Waals surface area contributed by atoms with Gasteiger partial charge in [-0.15, -0.1) is 0 Å². The number of carbonyl (C=O) groups excluding carboxylic acids is 2. The Kier molecular flexibility index (Phi) is 5.37. The van der Waals surface area contributed by atoms with Crippen LogP contribution in [0.1, 0.15) is 28.8 Å². The molecule has 1 heterocycles. The van der Waals surface area contributed by atoms with Crippen LogP contribution in [0.25, 0.3) is 6.08 Å². The van der Waals surface area contributed by atoms with Gasteiger partial charge < -0.3 is 24.8 Å². The first-order valence-electron chi connectivity index (χ1n) is 9.50. The molecule has 0 atom stereocenters. The van der Waals surface area contributed by atoms with Crippen LogP contribution in [0.2, 0.25) is 0 Å². The maximum atomic E-state index is 12.4. The van der Waals surface area contributed by atoms with Gasteiger partial charge in [0, 0.05) is 12.1 Å². The first-order chi connectivity index (χ1) is 14.1. The van der Waals surface area contributed by atoms with Crippen molar-refractivity contribution in [3.63, 3.8) is 0 Å². The highest BCUT2D eigenvalue weighted by atomic mass is 16.6. The number of hydrogen-bond acceptors (Lipinski definition) is 5. The third kappa shape index (κ3) is 4.51. The van der Waals surface area contributed by atoms with Crippen molar-refractivity contribution in [3.05, 3.63) is 53.6 Å². The van der Waals surface area contributed by atoms with E-state index in [1.807, 2.05) is 0 Å². The molecular formula is C22H22N2O5. The molecule has 2 aromatic carbocycles. The molecular weight excluding hydrogens is 372 g/mol. The second kappa shape index (κ2) is 8.26. The quantitative estimate of drug-likeness (QED) is 0.736. The van der Waals surface area contributed by atoms with Crippen LogP contribution < -0.4 is 24.8 Å². The highest BCUT2D eigenvalue weighted by molar-refractivity contribution is 6.07. The lowest BCUT2D eigenvalue weighted by molar-refractivity contribution is -0.111. The zero-order valence-electron chi connectivity index (χ0n) is 16.1. The molecule has 0 spiro atoms. The van der Waals surface area contributed by atoms with Crippen LogP contribution in [-0.4, -0.2) is 38.2 Å². The maximum Gasteiger partial charge on any atom is 0.253 e. The Morgan fingerprint density at radius 2 is 1.93 bits per heavy atom. The fourth-order valence-electron chi connectivity index (χ4n) is 3.02. The molecule has 1 fully saturated rings. The first-order valence-corrected chi connectivity index (χ1v) is 9.50. The van der Waals surface area contributed by atoms with Gasteiger partial charge in [0.15, 0.2) is 11.5 Å². The molecule has 0 bridgehead atoms. The Balaban J connectivity index is 1.48. The van der Waals surface area contributed by atoms with Gasteiger partial charge in [-0.1, -0.05) is 12.1 Å². The van der Waals surface area contributed by atoms with E-state index in [1.54, 1.807) is 49.6 Å². The van der Waals surface area contributed by atoms with E-state index in [1.165, 1.54) is 6.08 Å². The van der Waals surface area contributed by atoms with Crippen LogP contribution in [0.5, 0.6) is 17.2 Å². The summed E-state index contributed by atoms with van der Waals surface area (Å²) in [6.07, 6.45) is 5.06. The third-order valence-electron chi connectivity index (χ3n) is 4.62. The SMILES string of the molecule is COc1cc(/C=C/C(=O)Nc2ccccc2C(=O)NC2CC2)cc2c1OCCO2. The second-order valence-electron chi connectivity index (χ2n) is 6.86. The molecule has 2 aromatic rings. The van der Waals surface area contributed by atoms with Crippen molar-refractivity contribution in [2.75, 3.05) is 25.6 Å². The molecule has 0 saturated heterocycles. The number of ether oxygens (including phenoxy) is 3. The Hall–Kier alpha value is -3.48. The van der Waals surface area contributed by atoms with E-state index in [9.17, 15) is 9.59 Å². The summed E-state index contributed by atoms with van der Waals surface area (Å²) in [5, 5.41) is 5.71. The molecule has 0 aromatic heterocycles. The number of nitrogens with one attached hydrogen (secondary N) is 2.